The van der Waals surface area contributed by atoms with Crippen LogP contribution in [0.4, 0.5) is 18.9 Å². The van der Waals surface area contributed by atoms with E-state index in [9.17, 15) is 22.8 Å². The van der Waals surface area contributed by atoms with Crippen LogP contribution >= 0.6 is 18.6 Å². The molecule has 172 valence electrons. The molecule has 4 rings (SSSR count). The third-order valence-corrected chi connectivity index (χ3v) is 9.44. The topological polar surface area (TPSA) is 106 Å². The van der Waals surface area contributed by atoms with Crippen LogP contribution in [0.3, 0.4) is 0 Å². The summed E-state index contributed by atoms with van der Waals surface area (Å²) in [7, 11) is 0. The van der Waals surface area contributed by atoms with Gasteiger partial charge in [-0.05, 0) is 0 Å². The number of alkyl halides is 3. The molecule has 0 radical (unpaired) electrons. The Kier molecular flexibility index (Phi) is 6.56. The van der Waals surface area contributed by atoms with Crippen molar-refractivity contribution in [3.8, 4) is 5.75 Å². The number of H-pyrrole nitrogens is 1. The Morgan fingerprint density at radius 3 is 2.62 bits per heavy atom. The predicted octanol–water partition coefficient (Wildman–Crippen LogP) is 0.291. The molecule has 8 nitrogen and oxygen atoms in total. The van der Waals surface area contributed by atoms with E-state index < -0.39 is 12.1 Å². The number of nitrogens with one attached hydrogen (secondary N) is 1. The molecule has 0 bridgehead atoms. The van der Waals surface area contributed by atoms with Gasteiger partial charge in [0.05, 0.1) is 0 Å². The van der Waals surface area contributed by atoms with E-state index in [0.29, 0.717) is 31.6 Å². The number of pyridine rings is 1. The molecule has 0 saturated carbocycles. The number of rotatable bonds is 4. The Labute approximate surface area is 199 Å². The summed E-state index contributed by atoms with van der Waals surface area (Å²) in [5, 5.41) is 0. The maximum atomic E-state index is 12.9. The molecule has 1 aliphatic heterocycles. The molecule has 1 fully saturated rings. The normalized spacial score (nSPS) is 15.4. The van der Waals surface area contributed by atoms with E-state index in [1.807, 2.05) is 6.07 Å². The summed E-state index contributed by atoms with van der Waals surface area (Å²) in [5.74, 6) is -0.852. The average molecular weight is 674 g/mol. The van der Waals surface area contributed by atoms with Crippen LogP contribution in [0, 0.1) is 3.57 Å². The molecule has 32 heavy (non-hydrogen) atoms. The van der Waals surface area contributed by atoms with Crippen LogP contribution in [0.2, 0.25) is 0 Å². The molecule has 0 spiro atoms. The van der Waals surface area contributed by atoms with Crippen molar-refractivity contribution >= 4 is 41.4 Å². The summed E-state index contributed by atoms with van der Waals surface area (Å²) in [5.41, 5.74) is 6.91. The van der Waals surface area contributed by atoms with E-state index >= 15 is 0 Å². The third-order valence-electron chi connectivity index (χ3n) is 5.22. The Balaban J connectivity index is 1.49. The number of piperidine rings is 1. The van der Waals surface area contributed by atoms with Crippen LogP contribution in [0.25, 0.3) is 11.2 Å². The van der Waals surface area contributed by atoms with Gasteiger partial charge in [-0.15, -0.1) is 13.2 Å². The molecule has 0 unspecified atom stereocenters. The van der Waals surface area contributed by atoms with Gasteiger partial charge < -0.3 is 4.74 Å². The van der Waals surface area contributed by atoms with E-state index in [1.165, 1.54) is 6.07 Å². The quantitative estimate of drug-likeness (QED) is 0.306. The molecule has 1 aromatic carbocycles. The zero-order valence-electron chi connectivity index (χ0n) is 16.3. The van der Waals surface area contributed by atoms with E-state index in [4.69, 9.17) is 5.73 Å². The predicted molar refractivity (Wildman–Crippen MR) is 115 cm³/mol. The third kappa shape index (κ3) is 4.82. The monoisotopic (exact) mass is 674 g/mol. The van der Waals surface area contributed by atoms with Gasteiger partial charge in [-0.2, -0.15) is 0 Å². The van der Waals surface area contributed by atoms with Gasteiger partial charge in [-0.1, -0.05) is 0 Å². The molecule has 13 heteroatoms. The van der Waals surface area contributed by atoms with Crippen molar-refractivity contribution in [3.63, 3.8) is 0 Å². The number of likely N-dealkylation sites (tertiary alicyclic amines) is 1. The number of halogens is 5. The Bertz CT molecular complexity index is 1220. The van der Waals surface area contributed by atoms with Crippen molar-refractivity contribution in [3.05, 3.63) is 50.1 Å². The van der Waals surface area contributed by atoms with Crippen molar-refractivity contribution in [2.24, 2.45) is 0 Å². The summed E-state index contributed by atoms with van der Waals surface area (Å²) in [6, 6.07) is 5.18. The number of nitrogens with zero attached hydrogens (tertiary/aromatic N) is 3. The number of hydrogen-bond donors (Lipinski definition) is 2. The van der Waals surface area contributed by atoms with Crippen molar-refractivity contribution in [2.45, 2.75) is 25.2 Å². The van der Waals surface area contributed by atoms with Crippen LogP contribution in [0.1, 0.15) is 29.2 Å². The van der Waals surface area contributed by atoms with Gasteiger partial charge in [0.2, 0.25) is 0 Å². The fourth-order valence-electron chi connectivity index (χ4n) is 3.81. The van der Waals surface area contributed by atoms with E-state index in [0.717, 1.165) is 21.2 Å². The summed E-state index contributed by atoms with van der Waals surface area (Å²) in [6.07, 6.45) is -1.96. The Morgan fingerprint density at radius 2 is 2.00 bits per heavy atom. The number of aromatic amines is 1. The van der Waals surface area contributed by atoms with Crippen molar-refractivity contribution in [2.75, 3.05) is 18.8 Å². The van der Waals surface area contributed by atoms with Gasteiger partial charge in [-0.25, -0.2) is 0 Å². The second-order valence-corrected chi connectivity index (χ2v) is 11.6. The molecule has 1 aliphatic rings. The summed E-state index contributed by atoms with van der Waals surface area (Å²) in [4.78, 5) is 34.1. The number of hydrogen-bond acceptors (Lipinski definition) is 5. The SMILES string of the molecule is Nc1cc(OC(F)(F)F)ccc1C(=O)N1CCC(n2c(=O)[nH]c3ncc([I-]I)cc32)CC1. The van der Waals surface area contributed by atoms with Crippen molar-refractivity contribution in [1.29, 1.82) is 0 Å². The van der Waals surface area contributed by atoms with Gasteiger partial charge in [0.1, 0.15) is 5.75 Å². The first-order chi connectivity index (χ1) is 15.2. The number of carbonyl (C=O) groups excluding carboxylic acids is 1. The number of ether oxygens (including phenoxy) is 1. The molecule has 0 aliphatic carbocycles. The van der Waals surface area contributed by atoms with E-state index in [2.05, 4.69) is 33.3 Å². The average Bonchev–Trinajstić information content (AvgIpc) is 3.07. The fraction of sp³-hybridized carbons (Fsp3) is 0.316. The number of anilines is 1. The second-order valence-electron chi connectivity index (χ2n) is 7.21. The number of imidazole rings is 1. The van der Waals surface area contributed by atoms with Crippen molar-refractivity contribution < 1.29 is 39.9 Å². The molecule has 1 amide bonds. The van der Waals surface area contributed by atoms with Gasteiger partial charge >= 0.3 is 177 Å². The molecule has 3 heterocycles. The van der Waals surface area contributed by atoms with Crippen LogP contribution in [0.15, 0.2) is 35.3 Å². The number of fused-ring (bicyclic) bond motifs is 1. The van der Waals surface area contributed by atoms with E-state index in [1.54, 1.807) is 15.7 Å². The number of aromatic nitrogens is 3. The van der Waals surface area contributed by atoms with Gasteiger partial charge in [0.15, 0.2) is 0 Å². The zero-order chi connectivity index (χ0) is 23.0. The van der Waals surface area contributed by atoms with Gasteiger partial charge in [0.25, 0.3) is 0 Å². The summed E-state index contributed by atoms with van der Waals surface area (Å²) in [6.45, 7) is 0.768. The zero-order valence-corrected chi connectivity index (χ0v) is 20.6. The second kappa shape index (κ2) is 9.07. The number of nitrogen functional groups attached to an aromatic ring is 1. The Hall–Kier alpha value is -2.04. The summed E-state index contributed by atoms with van der Waals surface area (Å²) >= 11 is 2.14. The van der Waals surface area contributed by atoms with Gasteiger partial charge in [-0.3, -0.25) is 0 Å². The molecule has 3 N–H and O–H groups in total. The van der Waals surface area contributed by atoms with Gasteiger partial charge in [0, 0.05) is 0 Å². The minimum absolute atomic E-state index is 0.0903. The molecular formula is C19H17F3I2N5O3-. The first-order valence-electron chi connectivity index (χ1n) is 9.47. The molecular weight excluding hydrogens is 657 g/mol. The molecule has 1 saturated heterocycles. The number of nitrogens with two attached hydrogens (primary N) is 1. The van der Waals surface area contributed by atoms with Crippen LogP contribution < -0.4 is 33.4 Å². The molecule has 0 atom stereocenters. The van der Waals surface area contributed by atoms with Crippen molar-refractivity contribution in [1.82, 2.24) is 19.4 Å². The van der Waals surface area contributed by atoms with Crippen LogP contribution in [-0.4, -0.2) is 44.8 Å². The Morgan fingerprint density at radius 1 is 1.28 bits per heavy atom. The minimum atomic E-state index is -4.84. The fourth-order valence-corrected chi connectivity index (χ4v) is 5.96. The number of carbonyl (C=O) groups is 1. The summed E-state index contributed by atoms with van der Waals surface area (Å²) < 4.78 is 43.8. The molecule has 3 aromatic rings. The van der Waals surface area contributed by atoms with Crippen LogP contribution in [0.5, 0.6) is 5.75 Å². The maximum absolute atomic E-state index is 12.9. The number of amides is 1. The van der Waals surface area contributed by atoms with E-state index in [-0.39, 0.29) is 46.1 Å². The standard InChI is InChI=1S/C19H17F3I2N5O3/c20-19(21,22)32-12-1-2-13(14(25)8-12)17(30)28-5-3-11(4-6-28)29-15-7-10(24-23)9-26-16(15)27-18(29)31/h1-2,7-9,11H,3-6,25H2,(H,26,27,31)/q-1. The first-order valence-corrected chi connectivity index (χ1v) is 16.8. The van der Waals surface area contributed by atoms with Crippen LogP contribution in [-0.2, 0) is 0 Å². The number of benzene rings is 1. The molecule has 2 aromatic heterocycles. The first kappa shape index (κ1) is 23.1.